The second kappa shape index (κ2) is 8.32. The number of nitrogens with zero attached hydrogens (tertiary/aromatic N) is 3. The van der Waals surface area contributed by atoms with E-state index in [1.165, 1.54) is 9.87 Å². The van der Waals surface area contributed by atoms with Gasteiger partial charge in [-0.05, 0) is 38.0 Å². The number of nitrogens with one attached hydrogen (secondary N) is 1. The summed E-state index contributed by atoms with van der Waals surface area (Å²) in [6.45, 7) is 6.43. The highest BCUT2D eigenvalue weighted by molar-refractivity contribution is 7.89. The molecule has 2 heterocycles. The Morgan fingerprint density at radius 3 is 2.32 bits per heavy atom. The molecule has 3 rings (SSSR count). The highest BCUT2D eigenvalue weighted by Crippen LogP contribution is 2.24. The SMILES string of the molecule is CCCc1ccc(NC(=O)N2CCN(S(=O)(=O)c3c(C)noc3C)CC2)cc1. The van der Waals surface area contributed by atoms with Crippen LogP contribution in [0.3, 0.4) is 0 Å². The minimum atomic E-state index is -3.68. The smallest absolute Gasteiger partial charge is 0.321 e. The molecular weight excluding hydrogens is 380 g/mol. The van der Waals surface area contributed by atoms with Crippen molar-refractivity contribution in [3.63, 3.8) is 0 Å². The fourth-order valence-corrected chi connectivity index (χ4v) is 5.06. The molecule has 0 spiro atoms. The van der Waals surface area contributed by atoms with Gasteiger partial charge in [0, 0.05) is 31.9 Å². The van der Waals surface area contributed by atoms with Gasteiger partial charge in [-0.25, -0.2) is 13.2 Å². The lowest BCUT2D eigenvalue weighted by Crippen LogP contribution is -2.51. The molecule has 1 aromatic heterocycles. The summed E-state index contributed by atoms with van der Waals surface area (Å²) in [7, 11) is -3.68. The van der Waals surface area contributed by atoms with Crippen molar-refractivity contribution >= 4 is 21.7 Å². The Kier molecular flexibility index (Phi) is 6.04. The van der Waals surface area contributed by atoms with E-state index in [1.54, 1.807) is 18.7 Å². The Bertz CT molecular complexity index is 910. The molecule has 0 bridgehead atoms. The van der Waals surface area contributed by atoms with Gasteiger partial charge in [-0.3, -0.25) is 0 Å². The third-order valence-electron chi connectivity index (χ3n) is 4.84. The predicted molar refractivity (Wildman–Crippen MR) is 106 cm³/mol. The zero-order valence-corrected chi connectivity index (χ0v) is 17.3. The average molecular weight is 407 g/mol. The first-order valence-corrected chi connectivity index (χ1v) is 10.8. The van der Waals surface area contributed by atoms with E-state index in [9.17, 15) is 13.2 Å². The molecule has 1 saturated heterocycles. The largest absolute Gasteiger partial charge is 0.360 e. The maximum atomic E-state index is 12.8. The van der Waals surface area contributed by atoms with E-state index in [0.717, 1.165) is 18.5 Å². The summed E-state index contributed by atoms with van der Waals surface area (Å²) < 4.78 is 32.1. The van der Waals surface area contributed by atoms with Crippen LogP contribution in [0.15, 0.2) is 33.7 Å². The number of urea groups is 1. The third-order valence-corrected chi connectivity index (χ3v) is 6.98. The molecule has 0 unspecified atom stereocenters. The van der Waals surface area contributed by atoms with Crippen LogP contribution in [0.4, 0.5) is 10.5 Å². The van der Waals surface area contributed by atoms with Crippen LogP contribution >= 0.6 is 0 Å². The van der Waals surface area contributed by atoms with Crippen molar-refractivity contribution < 1.29 is 17.7 Å². The number of hydrogen-bond acceptors (Lipinski definition) is 5. The van der Waals surface area contributed by atoms with Crippen molar-refractivity contribution in [3.8, 4) is 0 Å². The molecule has 2 amide bonds. The quantitative estimate of drug-likeness (QED) is 0.824. The molecule has 1 aliphatic heterocycles. The van der Waals surface area contributed by atoms with Gasteiger partial charge in [-0.1, -0.05) is 30.6 Å². The highest BCUT2D eigenvalue weighted by atomic mass is 32.2. The fraction of sp³-hybridized carbons (Fsp3) is 0.474. The van der Waals surface area contributed by atoms with E-state index in [-0.39, 0.29) is 29.8 Å². The van der Waals surface area contributed by atoms with Crippen LogP contribution in [0.1, 0.15) is 30.4 Å². The molecule has 1 aromatic carbocycles. The van der Waals surface area contributed by atoms with Crippen LogP contribution in [0.25, 0.3) is 0 Å². The first kappa shape index (κ1) is 20.3. The van der Waals surface area contributed by atoms with Crippen molar-refractivity contribution in [3.05, 3.63) is 41.3 Å². The average Bonchev–Trinajstić information content (AvgIpc) is 3.02. The van der Waals surface area contributed by atoms with Gasteiger partial charge >= 0.3 is 6.03 Å². The number of aromatic nitrogens is 1. The lowest BCUT2D eigenvalue weighted by Gasteiger charge is -2.33. The standard InChI is InChI=1S/C19H26N4O4S/c1-4-5-16-6-8-17(9-7-16)20-19(24)22-10-12-23(13-11-22)28(25,26)18-14(2)21-27-15(18)3/h6-9H,4-5,10-13H2,1-3H3,(H,20,24). The fourth-order valence-electron chi connectivity index (χ4n) is 3.35. The highest BCUT2D eigenvalue weighted by Gasteiger charge is 2.34. The molecule has 28 heavy (non-hydrogen) atoms. The molecule has 0 atom stereocenters. The number of carbonyl (C=O) groups excluding carboxylic acids is 1. The van der Waals surface area contributed by atoms with Crippen molar-refractivity contribution in [1.82, 2.24) is 14.4 Å². The summed E-state index contributed by atoms with van der Waals surface area (Å²) in [6.07, 6.45) is 2.09. The summed E-state index contributed by atoms with van der Waals surface area (Å²) in [5.41, 5.74) is 2.32. The minimum Gasteiger partial charge on any atom is -0.360 e. The van der Waals surface area contributed by atoms with Gasteiger partial charge in [0.2, 0.25) is 10.0 Å². The van der Waals surface area contributed by atoms with Gasteiger partial charge in [0.15, 0.2) is 5.76 Å². The van der Waals surface area contributed by atoms with Gasteiger partial charge < -0.3 is 14.7 Å². The Hall–Kier alpha value is -2.39. The summed E-state index contributed by atoms with van der Waals surface area (Å²) in [5, 5.41) is 6.60. The summed E-state index contributed by atoms with van der Waals surface area (Å²) in [4.78, 5) is 14.2. The molecule has 152 valence electrons. The second-order valence-electron chi connectivity index (χ2n) is 6.92. The van der Waals surface area contributed by atoms with E-state index >= 15 is 0 Å². The van der Waals surface area contributed by atoms with E-state index in [0.29, 0.717) is 18.8 Å². The Morgan fingerprint density at radius 2 is 1.79 bits per heavy atom. The first-order valence-electron chi connectivity index (χ1n) is 9.41. The molecule has 2 aromatic rings. The molecule has 1 N–H and O–H groups in total. The normalized spacial score (nSPS) is 15.6. The molecular formula is C19H26N4O4S. The van der Waals surface area contributed by atoms with Crippen molar-refractivity contribution in [2.75, 3.05) is 31.5 Å². The third kappa shape index (κ3) is 4.20. The number of aryl methyl sites for hydroxylation is 3. The van der Waals surface area contributed by atoms with Crippen molar-refractivity contribution in [2.45, 2.75) is 38.5 Å². The Morgan fingerprint density at radius 1 is 1.14 bits per heavy atom. The van der Waals surface area contributed by atoms with Crippen LogP contribution < -0.4 is 5.32 Å². The number of benzene rings is 1. The van der Waals surface area contributed by atoms with Gasteiger partial charge in [-0.2, -0.15) is 4.31 Å². The lowest BCUT2D eigenvalue weighted by molar-refractivity contribution is 0.184. The number of carbonyl (C=O) groups is 1. The van der Waals surface area contributed by atoms with Gasteiger partial charge in [0.05, 0.1) is 0 Å². The van der Waals surface area contributed by atoms with E-state index < -0.39 is 10.0 Å². The lowest BCUT2D eigenvalue weighted by atomic mass is 10.1. The molecule has 0 radical (unpaired) electrons. The van der Waals surface area contributed by atoms with Gasteiger partial charge in [0.1, 0.15) is 10.6 Å². The van der Waals surface area contributed by atoms with E-state index in [4.69, 9.17) is 4.52 Å². The molecule has 1 aliphatic rings. The number of amides is 2. The summed E-state index contributed by atoms with van der Waals surface area (Å²) in [5.74, 6) is 0.282. The molecule has 8 nitrogen and oxygen atoms in total. The number of piperazine rings is 1. The number of hydrogen-bond donors (Lipinski definition) is 1. The maximum absolute atomic E-state index is 12.8. The topological polar surface area (TPSA) is 95.8 Å². The number of rotatable bonds is 5. The van der Waals surface area contributed by atoms with Crippen LogP contribution in [0.2, 0.25) is 0 Å². The molecule has 1 fully saturated rings. The van der Waals surface area contributed by atoms with Crippen LogP contribution in [0, 0.1) is 13.8 Å². The number of anilines is 1. The first-order chi connectivity index (χ1) is 13.3. The second-order valence-corrected chi connectivity index (χ2v) is 8.80. The summed E-state index contributed by atoms with van der Waals surface area (Å²) in [6, 6.07) is 7.57. The predicted octanol–water partition coefficient (Wildman–Crippen LogP) is 2.78. The number of sulfonamides is 1. The van der Waals surface area contributed by atoms with Crippen LogP contribution in [-0.4, -0.2) is 55.0 Å². The molecule has 0 aliphatic carbocycles. The Labute approximate surface area is 165 Å². The maximum Gasteiger partial charge on any atom is 0.321 e. The minimum absolute atomic E-state index is 0.123. The Balaban J connectivity index is 1.59. The van der Waals surface area contributed by atoms with Crippen molar-refractivity contribution in [1.29, 1.82) is 0 Å². The van der Waals surface area contributed by atoms with Crippen LogP contribution in [0.5, 0.6) is 0 Å². The van der Waals surface area contributed by atoms with E-state index in [1.807, 2.05) is 24.3 Å². The van der Waals surface area contributed by atoms with Gasteiger partial charge in [-0.15, -0.1) is 0 Å². The van der Waals surface area contributed by atoms with Crippen molar-refractivity contribution in [2.24, 2.45) is 0 Å². The summed E-state index contributed by atoms with van der Waals surface area (Å²) >= 11 is 0. The zero-order chi connectivity index (χ0) is 20.3. The zero-order valence-electron chi connectivity index (χ0n) is 16.4. The van der Waals surface area contributed by atoms with Gasteiger partial charge in [0.25, 0.3) is 0 Å². The molecule has 0 saturated carbocycles. The monoisotopic (exact) mass is 406 g/mol. The van der Waals surface area contributed by atoms with E-state index in [2.05, 4.69) is 17.4 Å². The van der Waals surface area contributed by atoms with Crippen LogP contribution in [-0.2, 0) is 16.4 Å². The molecule has 9 heteroatoms.